The number of benzene rings is 2. The molecule has 0 aliphatic carbocycles. The lowest BCUT2D eigenvalue weighted by atomic mass is 9.95. The summed E-state index contributed by atoms with van der Waals surface area (Å²) in [5.74, 6) is -1.21. The zero-order chi connectivity index (χ0) is 21.5. The second kappa shape index (κ2) is 10.0. The molecule has 3 rings (SSSR count). The van der Waals surface area contributed by atoms with Crippen LogP contribution in [0.5, 0.6) is 0 Å². The molecule has 6 nitrogen and oxygen atoms in total. The second-order valence-corrected chi connectivity index (χ2v) is 7.51. The summed E-state index contributed by atoms with van der Waals surface area (Å²) in [4.78, 5) is 39.0. The van der Waals surface area contributed by atoms with Gasteiger partial charge in [0.05, 0.1) is 0 Å². The zero-order valence-electron chi connectivity index (χ0n) is 16.9. The van der Waals surface area contributed by atoms with Crippen LogP contribution in [0.1, 0.15) is 35.7 Å². The summed E-state index contributed by atoms with van der Waals surface area (Å²) in [5.41, 5.74) is 1.42. The van der Waals surface area contributed by atoms with Gasteiger partial charge in [-0.15, -0.1) is 0 Å². The van der Waals surface area contributed by atoms with E-state index in [4.69, 9.17) is 0 Å². The molecule has 1 heterocycles. The van der Waals surface area contributed by atoms with Gasteiger partial charge in [0.25, 0.3) is 5.91 Å². The van der Waals surface area contributed by atoms with Gasteiger partial charge in [0.2, 0.25) is 11.8 Å². The molecule has 2 N–H and O–H groups in total. The molecule has 30 heavy (non-hydrogen) atoms. The Bertz CT molecular complexity index is 878. The van der Waals surface area contributed by atoms with Crippen LogP contribution in [-0.4, -0.2) is 41.8 Å². The first kappa shape index (κ1) is 21.5. The summed E-state index contributed by atoms with van der Waals surface area (Å²) in [7, 11) is 0. The number of amides is 3. The van der Waals surface area contributed by atoms with Gasteiger partial charge in [-0.05, 0) is 49.6 Å². The van der Waals surface area contributed by atoms with Crippen molar-refractivity contribution in [3.63, 3.8) is 0 Å². The molecule has 0 bridgehead atoms. The van der Waals surface area contributed by atoms with Crippen molar-refractivity contribution in [3.8, 4) is 0 Å². The highest BCUT2D eigenvalue weighted by Crippen LogP contribution is 2.19. The Balaban J connectivity index is 1.43. The maximum absolute atomic E-state index is 13.0. The summed E-state index contributed by atoms with van der Waals surface area (Å²) in [5, 5.41) is 5.59. The van der Waals surface area contributed by atoms with Crippen LogP contribution in [0.3, 0.4) is 0 Å². The fourth-order valence-electron chi connectivity index (χ4n) is 3.45. The summed E-state index contributed by atoms with van der Waals surface area (Å²) in [6.07, 6.45) is 1.05. The number of likely N-dealkylation sites (tertiary alicyclic amines) is 1. The number of piperidine rings is 1. The van der Waals surface area contributed by atoms with Gasteiger partial charge in [-0.2, -0.15) is 0 Å². The van der Waals surface area contributed by atoms with E-state index in [1.54, 1.807) is 11.8 Å². The molecule has 1 fully saturated rings. The minimum atomic E-state index is -0.639. The smallest absolute Gasteiger partial charge is 0.253 e. The number of carbonyl (C=O) groups excluding carboxylic acids is 3. The molecule has 0 aromatic heterocycles. The molecule has 1 saturated heterocycles. The van der Waals surface area contributed by atoms with Crippen molar-refractivity contribution in [2.75, 3.05) is 13.1 Å². The minimum Gasteiger partial charge on any atom is -0.350 e. The lowest BCUT2D eigenvalue weighted by Gasteiger charge is -2.32. The molecule has 7 heteroatoms. The van der Waals surface area contributed by atoms with Crippen LogP contribution in [0, 0.1) is 11.7 Å². The van der Waals surface area contributed by atoms with E-state index in [1.165, 1.54) is 24.3 Å². The number of rotatable bonds is 6. The van der Waals surface area contributed by atoms with E-state index < -0.39 is 6.04 Å². The van der Waals surface area contributed by atoms with Crippen molar-refractivity contribution < 1.29 is 18.8 Å². The molecular weight excluding hydrogens is 385 g/mol. The fraction of sp³-hybridized carbons (Fsp3) is 0.348. The molecule has 0 saturated carbocycles. The van der Waals surface area contributed by atoms with Crippen molar-refractivity contribution in [1.82, 2.24) is 15.5 Å². The Morgan fingerprint density at radius 2 is 1.67 bits per heavy atom. The van der Waals surface area contributed by atoms with Gasteiger partial charge < -0.3 is 15.5 Å². The average Bonchev–Trinajstić information content (AvgIpc) is 2.78. The number of halogens is 1. The van der Waals surface area contributed by atoms with Crippen molar-refractivity contribution in [1.29, 1.82) is 0 Å². The normalized spacial score (nSPS) is 15.3. The number of hydrogen-bond acceptors (Lipinski definition) is 3. The summed E-state index contributed by atoms with van der Waals surface area (Å²) in [6.45, 7) is 2.96. The molecule has 1 unspecified atom stereocenters. The van der Waals surface area contributed by atoms with Crippen LogP contribution >= 0.6 is 0 Å². The third kappa shape index (κ3) is 5.65. The average molecular weight is 411 g/mol. The maximum Gasteiger partial charge on any atom is 0.253 e. The summed E-state index contributed by atoms with van der Waals surface area (Å²) >= 11 is 0. The van der Waals surface area contributed by atoms with Gasteiger partial charge in [0.15, 0.2) is 0 Å². The lowest BCUT2D eigenvalue weighted by molar-refractivity contribution is -0.131. The Hall–Kier alpha value is -3.22. The van der Waals surface area contributed by atoms with Crippen LogP contribution in [0.2, 0.25) is 0 Å². The minimum absolute atomic E-state index is 0.164. The SMILES string of the molecule is CC(NC(=O)C1CCN(C(=O)c2ccc(F)cc2)CC1)C(=O)NCc1ccccc1. The molecule has 3 amide bonds. The predicted molar refractivity (Wildman–Crippen MR) is 111 cm³/mol. The standard InChI is InChI=1S/C23H26FN3O3/c1-16(21(28)25-15-17-5-3-2-4-6-17)26-22(29)18-11-13-27(14-12-18)23(30)19-7-9-20(24)10-8-19/h2-10,16,18H,11-15H2,1H3,(H,25,28)(H,26,29). The Labute approximate surface area is 175 Å². The van der Waals surface area contributed by atoms with Gasteiger partial charge >= 0.3 is 0 Å². The fourth-order valence-corrected chi connectivity index (χ4v) is 3.45. The quantitative estimate of drug-likeness (QED) is 0.767. The van der Waals surface area contributed by atoms with Gasteiger partial charge in [0, 0.05) is 31.1 Å². The van der Waals surface area contributed by atoms with Gasteiger partial charge in [0.1, 0.15) is 11.9 Å². The van der Waals surface area contributed by atoms with Crippen LogP contribution in [-0.2, 0) is 16.1 Å². The number of nitrogens with zero attached hydrogens (tertiary/aromatic N) is 1. The van der Waals surface area contributed by atoms with Crippen LogP contribution in [0.15, 0.2) is 54.6 Å². The van der Waals surface area contributed by atoms with E-state index in [0.29, 0.717) is 38.0 Å². The molecule has 0 radical (unpaired) electrons. The maximum atomic E-state index is 13.0. The molecule has 0 spiro atoms. The largest absolute Gasteiger partial charge is 0.350 e. The van der Waals surface area contributed by atoms with Gasteiger partial charge in [-0.1, -0.05) is 30.3 Å². The van der Waals surface area contributed by atoms with Crippen LogP contribution in [0.25, 0.3) is 0 Å². The molecule has 2 aromatic rings. The van der Waals surface area contributed by atoms with Crippen LogP contribution < -0.4 is 10.6 Å². The highest BCUT2D eigenvalue weighted by Gasteiger charge is 2.29. The first-order chi connectivity index (χ1) is 14.4. The predicted octanol–water partition coefficient (Wildman–Crippen LogP) is 2.50. The first-order valence-corrected chi connectivity index (χ1v) is 10.1. The third-order valence-electron chi connectivity index (χ3n) is 5.31. The van der Waals surface area contributed by atoms with E-state index >= 15 is 0 Å². The van der Waals surface area contributed by atoms with E-state index in [-0.39, 0.29) is 29.5 Å². The van der Waals surface area contributed by atoms with Crippen molar-refractivity contribution in [2.24, 2.45) is 5.92 Å². The summed E-state index contributed by atoms with van der Waals surface area (Å²) in [6, 6.07) is 14.4. The third-order valence-corrected chi connectivity index (χ3v) is 5.31. The number of carbonyl (C=O) groups is 3. The number of nitrogens with one attached hydrogen (secondary N) is 2. The van der Waals surface area contributed by atoms with Gasteiger partial charge in [-0.3, -0.25) is 14.4 Å². The van der Waals surface area contributed by atoms with Crippen LogP contribution in [0.4, 0.5) is 4.39 Å². The molecule has 2 aromatic carbocycles. The zero-order valence-corrected chi connectivity index (χ0v) is 16.9. The molecule has 1 atom stereocenters. The first-order valence-electron chi connectivity index (χ1n) is 10.1. The van der Waals surface area contributed by atoms with E-state index in [0.717, 1.165) is 5.56 Å². The highest BCUT2D eigenvalue weighted by atomic mass is 19.1. The van der Waals surface area contributed by atoms with Crippen molar-refractivity contribution >= 4 is 17.7 Å². The van der Waals surface area contributed by atoms with E-state index in [1.807, 2.05) is 30.3 Å². The molecule has 1 aliphatic heterocycles. The summed E-state index contributed by atoms with van der Waals surface area (Å²) < 4.78 is 13.0. The van der Waals surface area contributed by atoms with E-state index in [9.17, 15) is 18.8 Å². The van der Waals surface area contributed by atoms with Gasteiger partial charge in [-0.25, -0.2) is 4.39 Å². The number of hydrogen-bond donors (Lipinski definition) is 2. The second-order valence-electron chi connectivity index (χ2n) is 7.51. The van der Waals surface area contributed by atoms with Crippen molar-refractivity contribution in [2.45, 2.75) is 32.4 Å². The Morgan fingerprint density at radius 1 is 1.03 bits per heavy atom. The van der Waals surface area contributed by atoms with Crippen molar-refractivity contribution in [3.05, 3.63) is 71.5 Å². The highest BCUT2D eigenvalue weighted by molar-refractivity contribution is 5.94. The molecule has 1 aliphatic rings. The Kier molecular flexibility index (Phi) is 7.17. The molecule has 158 valence electrons. The lowest BCUT2D eigenvalue weighted by Crippen LogP contribution is -2.49. The molecular formula is C23H26FN3O3. The van der Waals surface area contributed by atoms with E-state index in [2.05, 4.69) is 10.6 Å². The topological polar surface area (TPSA) is 78.5 Å². The Morgan fingerprint density at radius 3 is 2.30 bits per heavy atom. The monoisotopic (exact) mass is 411 g/mol.